The van der Waals surface area contributed by atoms with Gasteiger partial charge in [0.1, 0.15) is 5.82 Å². The minimum absolute atomic E-state index is 0.0366. The Labute approximate surface area is 102 Å². The highest BCUT2D eigenvalue weighted by Crippen LogP contribution is 2.27. The molecule has 0 radical (unpaired) electrons. The van der Waals surface area contributed by atoms with Crippen molar-refractivity contribution in [3.05, 3.63) is 11.3 Å². The van der Waals surface area contributed by atoms with Crippen LogP contribution < -0.4 is 4.90 Å². The van der Waals surface area contributed by atoms with Crippen molar-refractivity contribution in [3.8, 4) is 0 Å². The summed E-state index contributed by atoms with van der Waals surface area (Å²) in [6.07, 6.45) is 2.01. The number of nitrogens with zero attached hydrogens (tertiary/aromatic N) is 3. The molecule has 1 aliphatic heterocycles. The molecule has 5 heteroatoms. The van der Waals surface area contributed by atoms with Crippen LogP contribution >= 0.6 is 0 Å². The first-order valence-corrected chi connectivity index (χ1v) is 6.16. The first-order chi connectivity index (χ1) is 8.17. The maximum atomic E-state index is 9.42. The summed E-state index contributed by atoms with van der Waals surface area (Å²) < 4.78 is 1.85. The van der Waals surface area contributed by atoms with Crippen LogP contribution in [0.15, 0.2) is 0 Å². The number of hydrogen-bond acceptors (Lipinski definition) is 4. The average molecular weight is 239 g/mol. The molecule has 2 heterocycles. The van der Waals surface area contributed by atoms with Crippen LogP contribution in [0.3, 0.4) is 0 Å². The molecule has 0 amide bonds. The molecule has 1 aromatic heterocycles. The van der Waals surface area contributed by atoms with E-state index in [1.807, 2.05) is 18.7 Å². The summed E-state index contributed by atoms with van der Waals surface area (Å²) in [4.78, 5) is 2.26. The van der Waals surface area contributed by atoms with Gasteiger partial charge in [-0.2, -0.15) is 5.10 Å². The van der Waals surface area contributed by atoms with Gasteiger partial charge in [0.05, 0.1) is 12.3 Å². The highest BCUT2D eigenvalue weighted by atomic mass is 16.3. The van der Waals surface area contributed by atoms with E-state index in [4.69, 9.17) is 5.11 Å². The Morgan fingerprint density at radius 1 is 1.29 bits per heavy atom. The fraction of sp³-hybridized carbons (Fsp3) is 0.750. The van der Waals surface area contributed by atoms with E-state index in [2.05, 4.69) is 10.00 Å². The largest absolute Gasteiger partial charge is 0.396 e. The van der Waals surface area contributed by atoms with E-state index in [-0.39, 0.29) is 13.2 Å². The van der Waals surface area contributed by atoms with E-state index in [9.17, 15) is 5.11 Å². The minimum atomic E-state index is 0.0366. The van der Waals surface area contributed by atoms with Gasteiger partial charge in [0, 0.05) is 32.3 Å². The molecule has 1 fully saturated rings. The van der Waals surface area contributed by atoms with Crippen LogP contribution in [-0.2, 0) is 13.7 Å². The van der Waals surface area contributed by atoms with E-state index in [1.165, 1.54) is 0 Å². The third kappa shape index (κ3) is 2.30. The summed E-state index contributed by atoms with van der Waals surface area (Å²) >= 11 is 0. The van der Waals surface area contributed by atoms with Gasteiger partial charge in [0.15, 0.2) is 0 Å². The molecule has 1 aliphatic rings. The molecular weight excluding hydrogens is 218 g/mol. The number of rotatable bonds is 3. The second-order valence-corrected chi connectivity index (χ2v) is 4.78. The minimum Gasteiger partial charge on any atom is -0.396 e. The lowest BCUT2D eigenvalue weighted by Gasteiger charge is -2.33. The molecule has 1 aromatic rings. The van der Waals surface area contributed by atoms with Gasteiger partial charge in [-0.3, -0.25) is 4.68 Å². The van der Waals surface area contributed by atoms with Gasteiger partial charge >= 0.3 is 0 Å². The standard InChI is InChI=1S/C12H21N3O2/c1-9-11(8-17)12(14(2)13-9)15-5-3-10(7-16)4-6-15/h10,16-17H,3-8H2,1-2H3. The molecule has 2 N–H and O–H groups in total. The van der Waals surface area contributed by atoms with Crippen molar-refractivity contribution in [2.24, 2.45) is 13.0 Å². The molecule has 0 unspecified atom stereocenters. The number of aryl methyl sites for hydroxylation is 2. The Morgan fingerprint density at radius 2 is 1.94 bits per heavy atom. The van der Waals surface area contributed by atoms with Crippen molar-refractivity contribution in [2.45, 2.75) is 26.4 Å². The zero-order valence-electron chi connectivity index (χ0n) is 10.6. The van der Waals surface area contributed by atoms with Crippen molar-refractivity contribution < 1.29 is 10.2 Å². The van der Waals surface area contributed by atoms with Crippen LogP contribution in [0.2, 0.25) is 0 Å². The van der Waals surface area contributed by atoms with Crippen molar-refractivity contribution in [3.63, 3.8) is 0 Å². The van der Waals surface area contributed by atoms with Crippen molar-refractivity contribution in [2.75, 3.05) is 24.6 Å². The van der Waals surface area contributed by atoms with E-state index in [1.54, 1.807) is 0 Å². The molecule has 17 heavy (non-hydrogen) atoms. The Balaban J connectivity index is 2.18. The highest BCUT2D eigenvalue weighted by molar-refractivity contribution is 5.50. The van der Waals surface area contributed by atoms with Crippen LogP contribution in [0.1, 0.15) is 24.1 Å². The SMILES string of the molecule is Cc1nn(C)c(N2CCC(CO)CC2)c1CO. The lowest BCUT2D eigenvalue weighted by Crippen LogP contribution is -2.36. The Kier molecular flexibility index (Phi) is 3.69. The lowest BCUT2D eigenvalue weighted by atomic mass is 9.97. The van der Waals surface area contributed by atoms with Gasteiger partial charge in [-0.25, -0.2) is 0 Å². The second kappa shape index (κ2) is 5.06. The molecule has 2 rings (SSSR count). The highest BCUT2D eigenvalue weighted by Gasteiger charge is 2.24. The topological polar surface area (TPSA) is 61.5 Å². The Bertz CT molecular complexity index is 381. The molecule has 96 valence electrons. The van der Waals surface area contributed by atoms with E-state index in [0.717, 1.165) is 43.0 Å². The summed E-state index contributed by atoms with van der Waals surface area (Å²) in [5.41, 5.74) is 1.82. The first-order valence-electron chi connectivity index (χ1n) is 6.16. The number of aromatic nitrogens is 2. The third-order valence-electron chi connectivity index (χ3n) is 3.64. The van der Waals surface area contributed by atoms with Crippen LogP contribution in [0.25, 0.3) is 0 Å². The summed E-state index contributed by atoms with van der Waals surface area (Å²) in [7, 11) is 1.92. The van der Waals surface area contributed by atoms with Gasteiger partial charge in [0.2, 0.25) is 0 Å². The van der Waals surface area contributed by atoms with Gasteiger partial charge in [-0.1, -0.05) is 0 Å². The normalized spacial score (nSPS) is 17.8. The zero-order chi connectivity index (χ0) is 12.4. The predicted molar refractivity (Wildman–Crippen MR) is 65.9 cm³/mol. The first kappa shape index (κ1) is 12.4. The number of aliphatic hydroxyl groups is 2. The van der Waals surface area contributed by atoms with Crippen molar-refractivity contribution in [1.82, 2.24) is 9.78 Å². The quantitative estimate of drug-likeness (QED) is 0.803. The molecule has 0 aliphatic carbocycles. The number of aliphatic hydroxyl groups excluding tert-OH is 2. The van der Waals surface area contributed by atoms with Crippen molar-refractivity contribution >= 4 is 5.82 Å². The summed E-state index contributed by atoms with van der Waals surface area (Å²) in [5.74, 6) is 1.46. The van der Waals surface area contributed by atoms with Crippen molar-refractivity contribution in [1.29, 1.82) is 0 Å². The monoisotopic (exact) mass is 239 g/mol. The molecule has 1 saturated heterocycles. The van der Waals surface area contributed by atoms with Crippen LogP contribution in [-0.4, -0.2) is 39.7 Å². The molecular formula is C12H21N3O2. The van der Waals surface area contributed by atoms with Gasteiger partial charge in [-0.05, 0) is 25.7 Å². The fourth-order valence-electron chi connectivity index (χ4n) is 2.60. The zero-order valence-corrected chi connectivity index (χ0v) is 10.6. The molecule has 0 atom stereocenters. The number of piperidine rings is 1. The second-order valence-electron chi connectivity index (χ2n) is 4.78. The lowest BCUT2D eigenvalue weighted by molar-refractivity contribution is 0.202. The summed E-state index contributed by atoms with van der Waals surface area (Å²) in [6.45, 7) is 4.10. The molecule has 5 nitrogen and oxygen atoms in total. The Morgan fingerprint density at radius 3 is 2.47 bits per heavy atom. The smallest absolute Gasteiger partial charge is 0.132 e. The van der Waals surface area contributed by atoms with Gasteiger partial charge in [-0.15, -0.1) is 0 Å². The Hall–Kier alpha value is -1.07. The molecule has 0 saturated carbocycles. The van der Waals surface area contributed by atoms with Crippen LogP contribution in [0.5, 0.6) is 0 Å². The van der Waals surface area contributed by atoms with E-state index >= 15 is 0 Å². The number of hydrogen-bond donors (Lipinski definition) is 2. The maximum Gasteiger partial charge on any atom is 0.132 e. The van der Waals surface area contributed by atoms with E-state index < -0.39 is 0 Å². The molecule has 0 aromatic carbocycles. The van der Waals surface area contributed by atoms with Crippen LogP contribution in [0.4, 0.5) is 5.82 Å². The van der Waals surface area contributed by atoms with Gasteiger partial charge in [0.25, 0.3) is 0 Å². The van der Waals surface area contributed by atoms with Crippen LogP contribution in [0, 0.1) is 12.8 Å². The molecule has 0 spiro atoms. The summed E-state index contributed by atoms with van der Waals surface area (Å²) in [5, 5.41) is 22.9. The van der Waals surface area contributed by atoms with E-state index in [0.29, 0.717) is 5.92 Å². The maximum absolute atomic E-state index is 9.42. The predicted octanol–water partition coefficient (Wildman–Crippen LogP) is 0.430. The molecule has 0 bridgehead atoms. The summed E-state index contributed by atoms with van der Waals surface area (Å²) in [6, 6.07) is 0. The number of anilines is 1. The fourth-order valence-corrected chi connectivity index (χ4v) is 2.60. The van der Waals surface area contributed by atoms with Gasteiger partial charge < -0.3 is 15.1 Å². The average Bonchev–Trinajstić information content (AvgIpc) is 2.63. The third-order valence-corrected chi connectivity index (χ3v) is 3.64.